The highest BCUT2D eigenvalue weighted by Gasteiger charge is 2.34. The van der Waals surface area contributed by atoms with Gasteiger partial charge in [0.15, 0.2) is 0 Å². The van der Waals surface area contributed by atoms with E-state index in [1.165, 1.54) is 44.2 Å². The van der Waals surface area contributed by atoms with Gasteiger partial charge < -0.3 is 5.73 Å². The van der Waals surface area contributed by atoms with Crippen molar-refractivity contribution in [1.82, 2.24) is 4.90 Å². The van der Waals surface area contributed by atoms with Crippen molar-refractivity contribution in [2.24, 2.45) is 11.7 Å². The van der Waals surface area contributed by atoms with E-state index in [9.17, 15) is 0 Å². The van der Waals surface area contributed by atoms with Gasteiger partial charge in [-0.1, -0.05) is 13.0 Å². The Bertz CT molecular complexity index is 212. The molecule has 0 radical (unpaired) electrons. The maximum Gasteiger partial charge on any atom is 0.0205 e. The summed E-state index contributed by atoms with van der Waals surface area (Å²) in [5.41, 5.74) is 6.79. The molecule has 1 saturated heterocycles. The number of fused-ring (bicyclic) bond motifs is 1. The first-order valence-corrected chi connectivity index (χ1v) is 5.92. The summed E-state index contributed by atoms with van der Waals surface area (Å²) in [7, 11) is 0. The molecule has 2 heteroatoms. The molecule has 2 aliphatic rings. The van der Waals surface area contributed by atoms with E-state index >= 15 is 0 Å². The van der Waals surface area contributed by atoms with E-state index < -0.39 is 0 Å². The minimum atomic E-state index is 0.647. The van der Waals surface area contributed by atoms with Crippen molar-refractivity contribution >= 4 is 0 Å². The first-order valence-electron chi connectivity index (χ1n) is 5.92. The van der Waals surface area contributed by atoms with Crippen LogP contribution in [0.15, 0.2) is 12.2 Å². The van der Waals surface area contributed by atoms with Crippen molar-refractivity contribution in [3.63, 3.8) is 0 Å². The lowest BCUT2D eigenvalue weighted by Gasteiger charge is -2.38. The lowest BCUT2D eigenvalue weighted by molar-refractivity contribution is 0.124. The van der Waals surface area contributed by atoms with Crippen LogP contribution in [0.4, 0.5) is 0 Å². The lowest BCUT2D eigenvalue weighted by Crippen LogP contribution is -2.43. The van der Waals surface area contributed by atoms with Crippen LogP contribution in [0, 0.1) is 5.92 Å². The zero-order chi connectivity index (χ0) is 9.97. The van der Waals surface area contributed by atoms with Crippen LogP contribution in [0.2, 0.25) is 0 Å². The lowest BCUT2D eigenvalue weighted by atomic mass is 9.91. The third-order valence-electron chi connectivity index (χ3n) is 3.82. The number of hydrogen-bond acceptors (Lipinski definition) is 2. The topological polar surface area (TPSA) is 29.3 Å². The fraction of sp³-hybridized carbons (Fsp3) is 0.833. The van der Waals surface area contributed by atoms with Crippen molar-refractivity contribution in [2.75, 3.05) is 19.6 Å². The van der Waals surface area contributed by atoms with Gasteiger partial charge in [0.05, 0.1) is 0 Å². The molecule has 0 aromatic carbocycles. The predicted octanol–water partition coefficient (Wildman–Crippen LogP) is 1.77. The highest BCUT2D eigenvalue weighted by Crippen LogP contribution is 2.36. The van der Waals surface area contributed by atoms with Gasteiger partial charge in [-0.15, -0.1) is 0 Å². The van der Waals surface area contributed by atoms with Gasteiger partial charge in [-0.05, 0) is 43.7 Å². The summed E-state index contributed by atoms with van der Waals surface area (Å²) >= 11 is 0. The van der Waals surface area contributed by atoms with Crippen molar-refractivity contribution in [3.8, 4) is 0 Å². The van der Waals surface area contributed by atoms with Gasteiger partial charge in [0.2, 0.25) is 0 Å². The van der Waals surface area contributed by atoms with Gasteiger partial charge in [0.25, 0.3) is 0 Å². The first kappa shape index (κ1) is 10.2. The quantitative estimate of drug-likeness (QED) is 0.694. The fourth-order valence-corrected chi connectivity index (χ4v) is 3.11. The minimum absolute atomic E-state index is 0.647. The van der Waals surface area contributed by atoms with Gasteiger partial charge in [0.1, 0.15) is 0 Å². The average molecular weight is 194 g/mol. The van der Waals surface area contributed by atoms with Crippen molar-refractivity contribution in [2.45, 2.75) is 38.1 Å². The third-order valence-corrected chi connectivity index (χ3v) is 3.82. The molecule has 2 atom stereocenters. The zero-order valence-corrected chi connectivity index (χ0v) is 9.04. The Morgan fingerprint density at radius 1 is 1.29 bits per heavy atom. The fourth-order valence-electron chi connectivity index (χ4n) is 3.11. The molecule has 1 saturated carbocycles. The summed E-state index contributed by atoms with van der Waals surface area (Å²) < 4.78 is 0. The largest absolute Gasteiger partial charge is 0.327 e. The van der Waals surface area contributed by atoms with E-state index in [4.69, 9.17) is 5.73 Å². The summed E-state index contributed by atoms with van der Waals surface area (Å²) in [5, 5.41) is 0. The molecule has 0 aromatic rings. The third kappa shape index (κ3) is 2.01. The van der Waals surface area contributed by atoms with Crippen LogP contribution >= 0.6 is 0 Å². The predicted molar refractivity (Wildman–Crippen MR) is 60.1 cm³/mol. The van der Waals surface area contributed by atoms with Gasteiger partial charge in [-0.3, -0.25) is 4.90 Å². The standard InChI is InChI=1S/C12H22N2/c1-10(8-13)9-14-7-3-5-11-4-2-6-12(11)14/h11-12H,1-9,13H2. The SMILES string of the molecule is C=C(CN)CN1CCCC2CCCC21. The smallest absolute Gasteiger partial charge is 0.0205 e. The maximum atomic E-state index is 5.60. The van der Waals surface area contributed by atoms with Crippen LogP contribution in [0.25, 0.3) is 0 Å². The second kappa shape index (κ2) is 4.45. The van der Waals surface area contributed by atoms with E-state index in [2.05, 4.69) is 11.5 Å². The van der Waals surface area contributed by atoms with E-state index in [1.807, 2.05) is 0 Å². The Hall–Kier alpha value is -0.340. The number of nitrogens with two attached hydrogens (primary N) is 1. The summed E-state index contributed by atoms with van der Waals surface area (Å²) in [6.45, 7) is 6.96. The Kier molecular flexibility index (Phi) is 3.24. The van der Waals surface area contributed by atoms with Gasteiger partial charge in [-0.2, -0.15) is 0 Å². The van der Waals surface area contributed by atoms with Crippen molar-refractivity contribution in [3.05, 3.63) is 12.2 Å². The van der Waals surface area contributed by atoms with E-state index in [0.29, 0.717) is 6.54 Å². The molecular weight excluding hydrogens is 172 g/mol. The highest BCUT2D eigenvalue weighted by molar-refractivity contribution is 5.02. The van der Waals surface area contributed by atoms with Crippen molar-refractivity contribution < 1.29 is 0 Å². The molecule has 2 N–H and O–H groups in total. The summed E-state index contributed by atoms with van der Waals surface area (Å²) in [6.07, 6.45) is 7.12. The molecule has 0 amide bonds. The molecular formula is C12H22N2. The Balaban J connectivity index is 1.93. The molecule has 0 bridgehead atoms. The average Bonchev–Trinajstić information content (AvgIpc) is 2.66. The second-order valence-electron chi connectivity index (χ2n) is 4.83. The molecule has 1 heterocycles. The van der Waals surface area contributed by atoms with E-state index in [0.717, 1.165) is 18.5 Å². The maximum absolute atomic E-state index is 5.60. The van der Waals surface area contributed by atoms with Crippen LogP contribution in [-0.2, 0) is 0 Å². The molecule has 1 aliphatic carbocycles. The van der Waals surface area contributed by atoms with E-state index in [1.54, 1.807) is 0 Å². The number of likely N-dealkylation sites (tertiary alicyclic amines) is 1. The minimum Gasteiger partial charge on any atom is -0.327 e. The molecule has 14 heavy (non-hydrogen) atoms. The van der Waals surface area contributed by atoms with Gasteiger partial charge in [-0.25, -0.2) is 0 Å². The van der Waals surface area contributed by atoms with Crippen molar-refractivity contribution in [1.29, 1.82) is 0 Å². The molecule has 0 aromatic heterocycles. The Morgan fingerprint density at radius 2 is 2.07 bits per heavy atom. The van der Waals surface area contributed by atoms with Crippen LogP contribution < -0.4 is 5.73 Å². The molecule has 2 rings (SSSR count). The number of piperidine rings is 1. The van der Waals surface area contributed by atoms with Crippen LogP contribution in [0.3, 0.4) is 0 Å². The molecule has 2 unspecified atom stereocenters. The molecule has 80 valence electrons. The molecule has 1 aliphatic heterocycles. The summed E-state index contributed by atoms with van der Waals surface area (Å²) in [5.74, 6) is 0.981. The highest BCUT2D eigenvalue weighted by atomic mass is 15.2. The summed E-state index contributed by atoms with van der Waals surface area (Å²) in [6, 6.07) is 0.854. The van der Waals surface area contributed by atoms with Gasteiger partial charge >= 0.3 is 0 Å². The monoisotopic (exact) mass is 194 g/mol. The second-order valence-corrected chi connectivity index (χ2v) is 4.83. The first-order chi connectivity index (χ1) is 6.81. The normalized spacial score (nSPS) is 32.9. The van der Waals surface area contributed by atoms with Crippen LogP contribution in [-0.4, -0.2) is 30.6 Å². The molecule has 2 nitrogen and oxygen atoms in total. The van der Waals surface area contributed by atoms with Crippen LogP contribution in [0.5, 0.6) is 0 Å². The number of hydrogen-bond donors (Lipinski definition) is 1. The number of rotatable bonds is 3. The molecule has 2 fully saturated rings. The Labute approximate surface area is 87.2 Å². The molecule has 0 spiro atoms. The number of nitrogens with zero attached hydrogens (tertiary/aromatic N) is 1. The summed E-state index contributed by atoms with van der Waals surface area (Å²) in [4.78, 5) is 2.62. The Morgan fingerprint density at radius 3 is 2.86 bits per heavy atom. The van der Waals surface area contributed by atoms with Crippen LogP contribution in [0.1, 0.15) is 32.1 Å². The van der Waals surface area contributed by atoms with E-state index in [-0.39, 0.29) is 0 Å². The zero-order valence-electron chi connectivity index (χ0n) is 9.04. The van der Waals surface area contributed by atoms with Gasteiger partial charge in [0, 0.05) is 19.1 Å².